The minimum atomic E-state index is -2.91. The number of aromatic nitrogens is 2. The molecule has 2 aliphatic heterocycles. The topological polar surface area (TPSA) is 63.0 Å². The number of aryl methyl sites for hydroxylation is 2. The van der Waals surface area contributed by atoms with Crippen LogP contribution < -0.4 is 15.1 Å². The van der Waals surface area contributed by atoms with E-state index in [9.17, 15) is 18.0 Å². The maximum Gasteiger partial charge on any atom is 0.266 e. The number of piperazine rings is 1. The van der Waals surface area contributed by atoms with Gasteiger partial charge in [0.1, 0.15) is 17.4 Å². The Kier molecular flexibility index (Phi) is 6.59. The summed E-state index contributed by atoms with van der Waals surface area (Å²) < 4.78 is 49.5. The van der Waals surface area contributed by atoms with Gasteiger partial charge in [-0.2, -0.15) is 0 Å². The first-order chi connectivity index (χ1) is 17.7. The van der Waals surface area contributed by atoms with Gasteiger partial charge >= 0.3 is 0 Å². The fourth-order valence-electron chi connectivity index (χ4n) is 5.24. The fraction of sp³-hybridized carbons (Fsp3) is 0.444. The van der Waals surface area contributed by atoms with Crippen molar-refractivity contribution in [1.82, 2.24) is 14.5 Å². The van der Waals surface area contributed by atoms with Crippen LogP contribution in [-0.4, -0.2) is 52.6 Å². The number of anilines is 1. The molecule has 2 aromatic carbocycles. The number of carbonyl (C=O) groups excluding carboxylic acids is 1. The maximum absolute atomic E-state index is 14.9. The molecule has 196 valence electrons. The predicted octanol–water partition coefficient (Wildman–Crippen LogP) is 4.44. The summed E-state index contributed by atoms with van der Waals surface area (Å²) >= 11 is 0. The second kappa shape index (κ2) is 9.72. The average Bonchev–Trinajstić information content (AvgIpc) is 3.04. The number of nitrogens with zero attached hydrogens (tertiary/aromatic N) is 5. The van der Waals surface area contributed by atoms with Crippen molar-refractivity contribution in [2.75, 3.05) is 31.1 Å². The third kappa shape index (κ3) is 4.53. The maximum atomic E-state index is 14.9. The Balaban J connectivity index is 1.65. The molecule has 0 saturated carbocycles. The van der Waals surface area contributed by atoms with Gasteiger partial charge in [-0.3, -0.25) is 9.79 Å². The Hall–Kier alpha value is -3.56. The number of hydrogen-bond donors (Lipinski definition) is 0. The fourth-order valence-corrected chi connectivity index (χ4v) is 5.24. The lowest BCUT2D eigenvalue weighted by atomic mass is 10.0. The lowest BCUT2D eigenvalue weighted by molar-refractivity contribution is -0.129. The molecular weight excluding hydrogens is 483 g/mol. The highest BCUT2D eigenvalue weighted by Gasteiger charge is 2.32. The van der Waals surface area contributed by atoms with Crippen molar-refractivity contribution < 1.29 is 22.7 Å². The largest absolute Gasteiger partial charge is 0.491 e. The lowest BCUT2D eigenvalue weighted by Crippen LogP contribution is -2.54. The van der Waals surface area contributed by atoms with Gasteiger partial charge in [0.05, 0.1) is 35.5 Å². The number of amides is 1. The van der Waals surface area contributed by atoms with Gasteiger partial charge in [-0.05, 0) is 19.9 Å². The van der Waals surface area contributed by atoms with Gasteiger partial charge in [0.15, 0.2) is 5.49 Å². The van der Waals surface area contributed by atoms with Crippen molar-refractivity contribution in [1.29, 1.82) is 0 Å². The minimum absolute atomic E-state index is 0.0634. The van der Waals surface area contributed by atoms with Gasteiger partial charge in [0.2, 0.25) is 5.91 Å². The molecule has 3 aromatic rings. The second-order valence-electron chi connectivity index (χ2n) is 9.68. The molecule has 1 fully saturated rings. The molecule has 1 amide bonds. The zero-order chi connectivity index (χ0) is 26.4. The molecule has 1 saturated heterocycles. The standard InChI is InChI=1S/C27H30F3N5O2/c1-15(19-6-5-7-20(25(19)28)26(29)30)31-27-21-12-23-24(13-22(21)33(4)16(2)32-27)37-11-8-18-14-34(17(3)36)9-10-35(18)23/h5-7,12-13,15,18,26H,8-11,14H2,1-4H3/b31-27-/t15-,18-/m1/s1. The van der Waals surface area contributed by atoms with E-state index in [-0.39, 0.29) is 17.5 Å². The molecule has 37 heavy (non-hydrogen) atoms. The Labute approximate surface area is 213 Å². The molecule has 7 nitrogen and oxygen atoms in total. The van der Waals surface area contributed by atoms with E-state index in [1.807, 2.05) is 35.6 Å². The highest BCUT2D eigenvalue weighted by Crippen LogP contribution is 2.37. The molecule has 1 aromatic heterocycles. The normalized spacial score (nSPS) is 18.9. The van der Waals surface area contributed by atoms with Crippen LogP contribution in [0.2, 0.25) is 0 Å². The number of hydrogen-bond acceptors (Lipinski definition) is 5. The van der Waals surface area contributed by atoms with Crippen LogP contribution in [0.5, 0.6) is 5.75 Å². The predicted molar refractivity (Wildman–Crippen MR) is 134 cm³/mol. The summed E-state index contributed by atoms with van der Waals surface area (Å²) in [6, 6.07) is 7.35. The summed E-state index contributed by atoms with van der Waals surface area (Å²) in [4.78, 5) is 25.5. The van der Waals surface area contributed by atoms with Crippen LogP contribution in [0.15, 0.2) is 35.3 Å². The van der Waals surface area contributed by atoms with Gasteiger partial charge in [-0.25, -0.2) is 18.2 Å². The van der Waals surface area contributed by atoms with Crippen molar-refractivity contribution >= 4 is 22.5 Å². The van der Waals surface area contributed by atoms with Crippen LogP contribution in [0.3, 0.4) is 0 Å². The Morgan fingerprint density at radius 2 is 1.97 bits per heavy atom. The van der Waals surface area contributed by atoms with E-state index >= 15 is 0 Å². The van der Waals surface area contributed by atoms with Crippen LogP contribution in [-0.2, 0) is 11.8 Å². The highest BCUT2D eigenvalue weighted by molar-refractivity contribution is 5.86. The number of benzene rings is 2. The van der Waals surface area contributed by atoms with Crippen molar-refractivity contribution in [3.8, 4) is 5.75 Å². The van der Waals surface area contributed by atoms with Crippen LogP contribution in [0.1, 0.15) is 49.7 Å². The Morgan fingerprint density at radius 1 is 1.22 bits per heavy atom. The van der Waals surface area contributed by atoms with Crippen LogP contribution in [0.4, 0.5) is 18.9 Å². The zero-order valence-electron chi connectivity index (χ0n) is 21.3. The highest BCUT2D eigenvalue weighted by atomic mass is 19.3. The van der Waals surface area contributed by atoms with Crippen LogP contribution in [0.25, 0.3) is 10.9 Å². The molecule has 2 aliphatic rings. The van der Waals surface area contributed by atoms with Crippen molar-refractivity contribution in [2.45, 2.75) is 45.7 Å². The second-order valence-corrected chi connectivity index (χ2v) is 9.68. The van der Waals surface area contributed by atoms with Crippen molar-refractivity contribution in [3.63, 3.8) is 0 Å². The SMILES string of the molecule is CC(=O)N1CCN2c3cc4/c(=N/[C@H](C)c5cccc(C(F)F)c5F)nc(C)n(C)c4cc3OCC[C@@H]2C1. The number of carbonyl (C=O) groups is 1. The molecule has 5 rings (SSSR count). The molecule has 10 heteroatoms. The van der Waals surface area contributed by atoms with E-state index in [4.69, 9.17) is 9.73 Å². The molecule has 3 heterocycles. The smallest absolute Gasteiger partial charge is 0.266 e. The summed E-state index contributed by atoms with van der Waals surface area (Å²) in [6.45, 7) is 7.57. The lowest BCUT2D eigenvalue weighted by Gasteiger charge is -2.41. The summed E-state index contributed by atoms with van der Waals surface area (Å²) in [6.07, 6.45) is -2.12. The first-order valence-electron chi connectivity index (χ1n) is 12.4. The van der Waals surface area contributed by atoms with Crippen molar-refractivity contribution in [3.05, 3.63) is 58.6 Å². The minimum Gasteiger partial charge on any atom is -0.491 e. The molecule has 0 aliphatic carbocycles. The number of alkyl halides is 2. The van der Waals surface area contributed by atoms with E-state index < -0.39 is 23.8 Å². The van der Waals surface area contributed by atoms with Gasteiger partial charge < -0.3 is 19.1 Å². The number of rotatable bonds is 3. The summed E-state index contributed by atoms with van der Waals surface area (Å²) in [7, 11) is 1.90. The van der Waals surface area contributed by atoms with E-state index in [1.54, 1.807) is 13.8 Å². The molecule has 0 spiro atoms. The number of halogens is 3. The first-order valence-corrected chi connectivity index (χ1v) is 12.4. The van der Waals surface area contributed by atoms with Gasteiger partial charge in [-0.15, -0.1) is 0 Å². The van der Waals surface area contributed by atoms with E-state index in [0.29, 0.717) is 37.6 Å². The van der Waals surface area contributed by atoms with Gasteiger partial charge in [-0.1, -0.05) is 18.2 Å². The van der Waals surface area contributed by atoms with E-state index in [0.717, 1.165) is 34.8 Å². The molecule has 0 bridgehead atoms. The third-order valence-corrected chi connectivity index (χ3v) is 7.44. The molecule has 2 atom stereocenters. The average molecular weight is 514 g/mol. The summed E-state index contributed by atoms with van der Waals surface area (Å²) in [5.74, 6) is 0.571. The summed E-state index contributed by atoms with van der Waals surface area (Å²) in [5.41, 5.74) is 1.62. The zero-order valence-corrected chi connectivity index (χ0v) is 21.3. The monoisotopic (exact) mass is 513 g/mol. The van der Waals surface area contributed by atoms with Crippen LogP contribution in [0, 0.1) is 12.7 Å². The molecular formula is C27H30F3N5O2. The molecule has 0 unspecified atom stereocenters. The molecule has 0 N–H and O–H groups in total. The Bertz CT molecular complexity index is 1440. The van der Waals surface area contributed by atoms with Crippen LogP contribution >= 0.6 is 0 Å². The number of fused-ring (bicyclic) bond motifs is 4. The van der Waals surface area contributed by atoms with Gasteiger partial charge in [0.25, 0.3) is 6.43 Å². The van der Waals surface area contributed by atoms with Gasteiger partial charge in [0, 0.05) is 57.0 Å². The third-order valence-electron chi connectivity index (χ3n) is 7.44. The first kappa shape index (κ1) is 25.1. The summed E-state index contributed by atoms with van der Waals surface area (Å²) in [5, 5.41) is 0.752. The molecule has 0 radical (unpaired) electrons. The Morgan fingerprint density at radius 3 is 2.70 bits per heavy atom. The number of ether oxygens (including phenoxy) is 1. The van der Waals surface area contributed by atoms with Crippen molar-refractivity contribution in [2.24, 2.45) is 12.0 Å². The van der Waals surface area contributed by atoms with E-state index in [2.05, 4.69) is 9.88 Å². The van der Waals surface area contributed by atoms with E-state index in [1.165, 1.54) is 12.1 Å². The quantitative estimate of drug-likeness (QED) is 0.520.